The third kappa shape index (κ3) is 3.02. The second-order valence-electron chi connectivity index (χ2n) is 5.87. The molecule has 3 rings (SSSR count). The molecular formula is C16H13F3N4O3S. The van der Waals surface area contributed by atoms with Crippen LogP contribution < -0.4 is 21.0 Å². The monoisotopic (exact) mass is 398 g/mol. The molecule has 1 aromatic heterocycles. The van der Waals surface area contributed by atoms with Gasteiger partial charge < -0.3 is 9.64 Å². The van der Waals surface area contributed by atoms with Crippen LogP contribution in [0.15, 0.2) is 21.7 Å². The molecule has 142 valence electrons. The predicted octanol–water partition coefficient (Wildman–Crippen LogP) is 1.17. The van der Waals surface area contributed by atoms with Crippen molar-refractivity contribution in [1.29, 1.82) is 0 Å². The highest BCUT2D eigenvalue weighted by Crippen LogP contribution is 2.40. The Morgan fingerprint density at radius 3 is 2.37 bits per heavy atom. The van der Waals surface area contributed by atoms with Gasteiger partial charge in [-0.15, -0.1) is 6.42 Å². The maximum atomic E-state index is 14.6. The Morgan fingerprint density at radius 1 is 1.22 bits per heavy atom. The Labute approximate surface area is 155 Å². The number of aromatic nitrogens is 3. The van der Waals surface area contributed by atoms with Crippen molar-refractivity contribution in [3.63, 3.8) is 0 Å². The predicted molar refractivity (Wildman–Crippen MR) is 93.7 cm³/mol. The molecule has 2 heterocycles. The highest BCUT2D eigenvalue weighted by atomic mass is 32.1. The summed E-state index contributed by atoms with van der Waals surface area (Å²) in [6.07, 6.45) is 1.65. The van der Waals surface area contributed by atoms with Crippen LogP contribution in [0, 0.1) is 22.9 Å². The number of alkyl halides is 2. The van der Waals surface area contributed by atoms with E-state index >= 15 is 0 Å². The van der Waals surface area contributed by atoms with Gasteiger partial charge in [0, 0.05) is 20.2 Å². The normalized spacial score (nSPS) is 15.0. The van der Waals surface area contributed by atoms with Gasteiger partial charge in [0.1, 0.15) is 6.54 Å². The molecule has 0 unspecified atom stereocenters. The molecule has 1 aliphatic rings. The number of hydrogen-bond donors (Lipinski definition) is 0. The topological polar surface area (TPSA) is 61.4 Å². The molecule has 11 heteroatoms. The third-order valence-electron chi connectivity index (χ3n) is 4.06. The van der Waals surface area contributed by atoms with Crippen LogP contribution in [0.3, 0.4) is 0 Å². The van der Waals surface area contributed by atoms with Crippen molar-refractivity contribution in [3.05, 3.63) is 43.7 Å². The molecule has 0 radical (unpaired) electrons. The quantitative estimate of drug-likeness (QED) is 0.562. The molecule has 0 fully saturated rings. The van der Waals surface area contributed by atoms with E-state index in [4.69, 9.17) is 18.6 Å². The van der Waals surface area contributed by atoms with Crippen molar-refractivity contribution in [3.8, 4) is 23.8 Å². The molecule has 7 nitrogen and oxygen atoms in total. The van der Waals surface area contributed by atoms with Crippen molar-refractivity contribution in [1.82, 2.24) is 13.7 Å². The third-order valence-corrected chi connectivity index (χ3v) is 4.60. The fourth-order valence-electron chi connectivity index (χ4n) is 2.76. The molecule has 0 amide bonds. The van der Waals surface area contributed by atoms with E-state index in [2.05, 4.69) is 10.7 Å². The van der Waals surface area contributed by atoms with Gasteiger partial charge in [0.2, 0.25) is 0 Å². The molecule has 1 aromatic carbocycles. The zero-order chi connectivity index (χ0) is 20.1. The van der Waals surface area contributed by atoms with E-state index in [1.54, 1.807) is 0 Å². The highest BCUT2D eigenvalue weighted by Gasteiger charge is 2.41. The number of anilines is 1. The summed E-state index contributed by atoms with van der Waals surface area (Å²) in [6.45, 7) is -1.07. The summed E-state index contributed by atoms with van der Waals surface area (Å²) in [6, 6.07) is 1.76. The first-order valence-electron chi connectivity index (χ1n) is 7.55. The first-order valence-corrected chi connectivity index (χ1v) is 7.96. The Morgan fingerprint density at radius 2 is 1.81 bits per heavy atom. The average molecular weight is 398 g/mol. The van der Waals surface area contributed by atoms with Crippen molar-refractivity contribution in [2.75, 3.05) is 18.0 Å². The van der Waals surface area contributed by atoms with Gasteiger partial charge in [-0.2, -0.15) is 8.78 Å². The zero-order valence-electron chi connectivity index (χ0n) is 14.2. The number of benzene rings is 1. The SMILES string of the molecule is C#CCN1CC(F)(F)Oc2cc(F)c(-n3c(=O)n(C)c(=S)n(C)c3=O)cc21. The van der Waals surface area contributed by atoms with Crippen LogP contribution in [0.5, 0.6) is 5.75 Å². The summed E-state index contributed by atoms with van der Waals surface area (Å²) in [7, 11) is 2.65. The summed E-state index contributed by atoms with van der Waals surface area (Å²) in [5.41, 5.74) is -2.16. The van der Waals surface area contributed by atoms with Gasteiger partial charge in [-0.3, -0.25) is 9.13 Å². The van der Waals surface area contributed by atoms with Crippen LogP contribution in [0.4, 0.5) is 18.9 Å². The molecule has 1 aliphatic heterocycles. The lowest BCUT2D eigenvalue weighted by atomic mass is 10.2. The zero-order valence-corrected chi connectivity index (χ0v) is 15.0. The first-order chi connectivity index (χ1) is 12.6. The number of hydrogen-bond acceptors (Lipinski definition) is 5. The molecule has 27 heavy (non-hydrogen) atoms. The summed E-state index contributed by atoms with van der Waals surface area (Å²) >= 11 is 4.97. The maximum absolute atomic E-state index is 14.6. The standard InChI is InChI=1S/C16H13F3N4O3S/c1-4-5-22-8-16(18,19)26-12-6-9(17)10(7-11(12)22)23-13(24)20(2)15(27)21(3)14(23)25/h1,6-7H,5,8H2,2-3H3. The highest BCUT2D eigenvalue weighted by molar-refractivity contribution is 7.71. The van der Waals surface area contributed by atoms with Crippen molar-refractivity contribution < 1.29 is 17.9 Å². The van der Waals surface area contributed by atoms with Crippen LogP contribution in [0.25, 0.3) is 5.69 Å². The van der Waals surface area contributed by atoms with Crippen LogP contribution >= 0.6 is 12.2 Å². The molecule has 0 bridgehead atoms. The van der Waals surface area contributed by atoms with Crippen LogP contribution in [-0.4, -0.2) is 32.9 Å². The van der Waals surface area contributed by atoms with E-state index in [9.17, 15) is 22.8 Å². The van der Waals surface area contributed by atoms with Crippen LogP contribution in [0.1, 0.15) is 0 Å². The fourth-order valence-corrected chi connectivity index (χ4v) is 2.92. The number of ether oxygens (including phenoxy) is 1. The molecular weight excluding hydrogens is 385 g/mol. The van der Waals surface area contributed by atoms with Gasteiger partial charge in [0.05, 0.1) is 17.9 Å². The van der Waals surface area contributed by atoms with E-state index < -0.39 is 41.3 Å². The van der Waals surface area contributed by atoms with Gasteiger partial charge in [0.15, 0.2) is 16.3 Å². The van der Waals surface area contributed by atoms with Gasteiger partial charge in [-0.1, -0.05) is 5.92 Å². The minimum Gasteiger partial charge on any atom is -0.429 e. The van der Waals surface area contributed by atoms with Gasteiger partial charge in [-0.05, 0) is 18.3 Å². The van der Waals surface area contributed by atoms with E-state index in [1.165, 1.54) is 14.1 Å². The van der Waals surface area contributed by atoms with E-state index in [0.29, 0.717) is 10.6 Å². The Balaban J connectivity index is 2.32. The number of terminal acetylenes is 1. The first kappa shape index (κ1) is 18.8. The minimum absolute atomic E-state index is 0.0364. The Kier molecular flexibility index (Phi) is 4.39. The molecule has 0 saturated heterocycles. The number of rotatable bonds is 2. The van der Waals surface area contributed by atoms with Gasteiger partial charge in [0.25, 0.3) is 0 Å². The number of nitrogens with zero attached hydrogens (tertiary/aromatic N) is 4. The second kappa shape index (κ2) is 6.31. The molecule has 2 aromatic rings. The smallest absolute Gasteiger partial charge is 0.415 e. The van der Waals surface area contributed by atoms with E-state index in [1.807, 2.05) is 0 Å². The Hall–Kier alpha value is -3.00. The summed E-state index contributed by atoms with van der Waals surface area (Å²) in [4.78, 5) is 26.0. The van der Waals surface area contributed by atoms with Gasteiger partial charge >= 0.3 is 17.5 Å². The average Bonchev–Trinajstić information content (AvgIpc) is 2.58. The minimum atomic E-state index is -3.57. The molecule has 0 spiro atoms. The number of halogens is 3. The number of fused-ring (bicyclic) bond motifs is 1. The lowest BCUT2D eigenvalue weighted by molar-refractivity contribution is -0.171. The van der Waals surface area contributed by atoms with Crippen molar-refractivity contribution in [2.45, 2.75) is 6.11 Å². The van der Waals surface area contributed by atoms with Crippen molar-refractivity contribution in [2.24, 2.45) is 14.1 Å². The van der Waals surface area contributed by atoms with Crippen LogP contribution in [-0.2, 0) is 14.1 Å². The van der Waals surface area contributed by atoms with Crippen LogP contribution in [0.2, 0.25) is 0 Å². The van der Waals surface area contributed by atoms with E-state index in [0.717, 1.165) is 20.1 Å². The Bertz CT molecular complexity index is 1120. The molecule has 0 atom stereocenters. The summed E-state index contributed by atoms with van der Waals surface area (Å²) in [5, 5.41) is 0. The fraction of sp³-hybridized carbons (Fsp3) is 0.312. The van der Waals surface area contributed by atoms with Crippen molar-refractivity contribution >= 4 is 17.9 Å². The lowest BCUT2D eigenvalue weighted by Gasteiger charge is -2.34. The maximum Gasteiger partial charge on any atom is 0.415 e. The second-order valence-corrected chi connectivity index (χ2v) is 6.24. The summed E-state index contributed by atoms with van der Waals surface area (Å²) < 4.78 is 49.0. The largest absolute Gasteiger partial charge is 0.429 e. The molecule has 0 aliphatic carbocycles. The lowest BCUT2D eigenvalue weighted by Crippen LogP contribution is -2.46. The van der Waals surface area contributed by atoms with Gasteiger partial charge in [-0.25, -0.2) is 18.5 Å². The summed E-state index contributed by atoms with van der Waals surface area (Å²) in [5.74, 6) is 0.688. The molecule has 0 saturated carbocycles. The molecule has 0 N–H and O–H groups in total. The van der Waals surface area contributed by atoms with E-state index in [-0.39, 0.29) is 17.0 Å².